The van der Waals surface area contributed by atoms with Crippen molar-refractivity contribution in [2.45, 2.75) is 32.1 Å². The second-order valence-corrected chi connectivity index (χ2v) is 6.56. The molecule has 0 atom stereocenters. The van der Waals surface area contributed by atoms with Gasteiger partial charge in [0, 0.05) is 17.3 Å². The molecule has 1 aliphatic rings. The molecule has 0 saturated carbocycles. The van der Waals surface area contributed by atoms with Gasteiger partial charge in [-0.05, 0) is 56.0 Å². The van der Waals surface area contributed by atoms with E-state index in [2.05, 4.69) is 43.5 Å². The minimum absolute atomic E-state index is 0.726. The molecular formula is C16H20BrN3O. The first-order valence-electron chi connectivity index (χ1n) is 7.56. The number of nitrogens with one attached hydrogen (secondary N) is 1. The van der Waals surface area contributed by atoms with Gasteiger partial charge in [0.2, 0.25) is 5.89 Å². The summed E-state index contributed by atoms with van der Waals surface area (Å²) in [7, 11) is 0. The van der Waals surface area contributed by atoms with E-state index in [4.69, 9.17) is 4.52 Å². The van der Waals surface area contributed by atoms with Crippen LogP contribution < -0.4 is 5.32 Å². The predicted molar refractivity (Wildman–Crippen MR) is 85.2 cm³/mol. The van der Waals surface area contributed by atoms with E-state index >= 15 is 0 Å². The van der Waals surface area contributed by atoms with Crippen LogP contribution in [0.2, 0.25) is 0 Å². The first kappa shape index (κ1) is 14.7. The van der Waals surface area contributed by atoms with Gasteiger partial charge in [-0.3, -0.25) is 0 Å². The molecule has 2 heterocycles. The summed E-state index contributed by atoms with van der Waals surface area (Å²) in [5, 5.41) is 7.48. The second kappa shape index (κ2) is 7.18. The van der Waals surface area contributed by atoms with Crippen molar-refractivity contribution in [1.29, 1.82) is 0 Å². The van der Waals surface area contributed by atoms with Gasteiger partial charge in [0.15, 0.2) is 5.82 Å². The van der Waals surface area contributed by atoms with Crippen LogP contribution in [0.15, 0.2) is 33.3 Å². The zero-order valence-corrected chi connectivity index (χ0v) is 13.6. The maximum Gasteiger partial charge on any atom is 0.226 e. The zero-order chi connectivity index (χ0) is 14.5. The number of halogens is 1. The first-order valence-corrected chi connectivity index (χ1v) is 8.35. The molecule has 1 aromatic carbocycles. The van der Waals surface area contributed by atoms with Crippen LogP contribution in [-0.2, 0) is 12.8 Å². The van der Waals surface area contributed by atoms with E-state index in [0.717, 1.165) is 54.5 Å². The number of aryl methyl sites for hydroxylation is 1. The molecule has 0 unspecified atom stereocenters. The lowest BCUT2D eigenvalue weighted by Crippen LogP contribution is -2.27. The molecule has 0 amide bonds. The van der Waals surface area contributed by atoms with E-state index in [1.54, 1.807) is 0 Å². The molecule has 21 heavy (non-hydrogen) atoms. The van der Waals surface area contributed by atoms with Gasteiger partial charge in [0.25, 0.3) is 0 Å². The summed E-state index contributed by atoms with van der Waals surface area (Å²) in [6, 6.07) is 8.23. The number of benzene rings is 1. The number of rotatable bonds is 5. The lowest BCUT2D eigenvalue weighted by molar-refractivity contribution is 0.323. The summed E-state index contributed by atoms with van der Waals surface area (Å²) in [6.07, 6.45) is 5.31. The minimum atomic E-state index is 0.726. The molecule has 1 saturated heterocycles. The Kier molecular flexibility index (Phi) is 5.04. The molecule has 2 aromatic rings. The van der Waals surface area contributed by atoms with Crippen molar-refractivity contribution < 1.29 is 4.52 Å². The topological polar surface area (TPSA) is 51.0 Å². The lowest BCUT2D eigenvalue weighted by Gasteiger charge is -2.21. The average molecular weight is 350 g/mol. The predicted octanol–water partition coefficient (Wildman–Crippen LogP) is 3.36. The van der Waals surface area contributed by atoms with Crippen LogP contribution in [0.1, 0.15) is 36.5 Å². The Balaban J connectivity index is 1.52. The lowest BCUT2D eigenvalue weighted by atomic mass is 9.93. The quantitative estimate of drug-likeness (QED) is 0.899. The van der Waals surface area contributed by atoms with E-state index in [9.17, 15) is 0 Å². The van der Waals surface area contributed by atoms with Crippen molar-refractivity contribution in [2.75, 3.05) is 13.1 Å². The van der Waals surface area contributed by atoms with Crippen LogP contribution in [0.4, 0.5) is 0 Å². The third-order valence-corrected chi connectivity index (χ3v) is 4.54. The van der Waals surface area contributed by atoms with Crippen molar-refractivity contribution in [3.05, 3.63) is 46.0 Å². The summed E-state index contributed by atoms with van der Waals surface area (Å²) in [6.45, 7) is 2.28. The van der Waals surface area contributed by atoms with Gasteiger partial charge in [0.05, 0.1) is 0 Å². The Bertz CT molecular complexity index is 561. The minimum Gasteiger partial charge on any atom is -0.339 e. The average Bonchev–Trinajstić information content (AvgIpc) is 2.96. The fraction of sp³-hybridized carbons (Fsp3) is 0.500. The molecule has 0 aliphatic carbocycles. The van der Waals surface area contributed by atoms with Crippen molar-refractivity contribution >= 4 is 15.9 Å². The largest absolute Gasteiger partial charge is 0.339 e. The van der Waals surface area contributed by atoms with Gasteiger partial charge in [-0.1, -0.05) is 33.2 Å². The van der Waals surface area contributed by atoms with Crippen LogP contribution >= 0.6 is 15.9 Å². The van der Waals surface area contributed by atoms with Gasteiger partial charge < -0.3 is 9.84 Å². The number of nitrogens with zero attached hydrogens (tertiary/aromatic N) is 2. The van der Waals surface area contributed by atoms with E-state index in [1.165, 1.54) is 18.4 Å². The molecule has 0 bridgehead atoms. The summed E-state index contributed by atoms with van der Waals surface area (Å²) in [4.78, 5) is 4.51. The van der Waals surface area contributed by atoms with Crippen LogP contribution in [0.5, 0.6) is 0 Å². The molecule has 1 aliphatic heterocycles. The van der Waals surface area contributed by atoms with E-state index < -0.39 is 0 Å². The molecule has 1 aromatic heterocycles. The summed E-state index contributed by atoms with van der Waals surface area (Å²) in [5.41, 5.74) is 1.20. The first-order chi connectivity index (χ1) is 10.3. The fourth-order valence-electron chi connectivity index (χ4n) is 2.75. The summed E-state index contributed by atoms with van der Waals surface area (Å²) < 4.78 is 6.45. The van der Waals surface area contributed by atoms with Gasteiger partial charge in [-0.15, -0.1) is 0 Å². The fourth-order valence-corrected chi connectivity index (χ4v) is 3.01. The highest BCUT2D eigenvalue weighted by Crippen LogP contribution is 2.18. The zero-order valence-electron chi connectivity index (χ0n) is 12.0. The Hall–Kier alpha value is -1.20. The number of piperidine rings is 1. The van der Waals surface area contributed by atoms with E-state index in [0.29, 0.717) is 0 Å². The monoisotopic (exact) mass is 349 g/mol. The Morgan fingerprint density at radius 3 is 2.71 bits per heavy atom. The number of hydrogen-bond donors (Lipinski definition) is 1. The van der Waals surface area contributed by atoms with Crippen LogP contribution in [0.3, 0.4) is 0 Å². The molecule has 112 valence electrons. The highest BCUT2D eigenvalue weighted by Gasteiger charge is 2.15. The molecule has 0 radical (unpaired) electrons. The highest BCUT2D eigenvalue weighted by atomic mass is 79.9. The standard InChI is InChI=1S/C16H20BrN3O/c17-14-4-1-13(2-5-14)11-15-19-16(21-20-15)6-3-12-7-9-18-10-8-12/h1-2,4-5,12,18H,3,6-11H2. The van der Waals surface area contributed by atoms with Crippen molar-refractivity contribution in [3.63, 3.8) is 0 Å². The van der Waals surface area contributed by atoms with Crippen LogP contribution in [0.25, 0.3) is 0 Å². The van der Waals surface area contributed by atoms with E-state index in [1.807, 2.05) is 12.1 Å². The maximum absolute atomic E-state index is 5.37. The molecular weight excluding hydrogens is 330 g/mol. The summed E-state index contributed by atoms with van der Waals surface area (Å²) in [5.74, 6) is 2.35. The highest BCUT2D eigenvalue weighted by molar-refractivity contribution is 9.10. The molecule has 3 rings (SSSR count). The van der Waals surface area contributed by atoms with Gasteiger partial charge in [-0.25, -0.2) is 0 Å². The molecule has 5 heteroatoms. The molecule has 1 N–H and O–H groups in total. The van der Waals surface area contributed by atoms with Gasteiger partial charge in [0.1, 0.15) is 0 Å². The number of hydrogen-bond acceptors (Lipinski definition) is 4. The van der Waals surface area contributed by atoms with Crippen molar-refractivity contribution in [2.24, 2.45) is 5.92 Å². The normalized spacial score (nSPS) is 16.2. The number of aromatic nitrogens is 2. The van der Waals surface area contributed by atoms with Gasteiger partial charge in [-0.2, -0.15) is 4.98 Å². The Labute approximate surface area is 133 Å². The SMILES string of the molecule is Brc1ccc(Cc2noc(CCC3CCNCC3)n2)cc1. The molecule has 4 nitrogen and oxygen atoms in total. The second-order valence-electron chi connectivity index (χ2n) is 5.64. The third kappa shape index (κ3) is 4.38. The van der Waals surface area contributed by atoms with Crippen molar-refractivity contribution in [3.8, 4) is 0 Å². The van der Waals surface area contributed by atoms with Crippen molar-refractivity contribution in [1.82, 2.24) is 15.5 Å². The Morgan fingerprint density at radius 2 is 1.95 bits per heavy atom. The van der Waals surface area contributed by atoms with Crippen LogP contribution in [-0.4, -0.2) is 23.2 Å². The smallest absolute Gasteiger partial charge is 0.226 e. The Morgan fingerprint density at radius 1 is 1.19 bits per heavy atom. The summed E-state index contributed by atoms with van der Waals surface area (Å²) >= 11 is 3.44. The van der Waals surface area contributed by atoms with E-state index in [-0.39, 0.29) is 0 Å². The molecule has 1 fully saturated rings. The van der Waals surface area contributed by atoms with Crippen LogP contribution in [0, 0.1) is 5.92 Å². The molecule has 0 spiro atoms. The third-order valence-electron chi connectivity index (χ3n) is 4.01. The maximum atomic E-state index is 5.37. The van der Waals surface area contributed by atoms with Gasteiger partial charge >= 0.3 is 0 Å².